The van der Waals surface area contributed by atoms with Crippen molar-refractivity contribution in [2.45, 2.75) is 70.7 Å². The van der Waals surface area contributed by atoms with E-state index in [2.05, 4.69) is 38.3 Å². The number of carbonyl (C=O) groups excluding carboxylic acids is 1. The van der Waals surface area contributed by atoms with Crippen LogP contribution in [-0.4, -0.2) is 29.1 Å². The molecule has 0 bridgehead atoms. The van der Waals surface area contributed by atoms with Gasteiger partial charge in [0, 0.05) is 34.6 Å². The van der Waals surface area contributed by atoms with Gasteiger partial charge < -0.3 is 19.8 Å². The van der Waals surface area contributed by atoms with Crippen LogP contribution >= 0.6 is 0 Å². The molecule has 2 heterocycles. The number of carbonyl (C=O) groups is 1. The number of piperidine rings is 1. The molecular weight excluding hydrogens is 416 g/mol. The third-order valence-corrected chi connectivity index (χ3v) is 6.02. The summed E-state index contributed by atoms with van der Waals surface area (Å²) in [5.74, 6) is 0.317. The van der Waals surface area contributed by atoms with E-state index in [-0.39, 0.29) is 23.0 Å². The Morgan fingerprint density at radius 1 is 1.06 bits per heavy atom. The normalized spacial score (nSPS) is 18.6. The third-order valence-electron chi connectivity index (χ3n) is 6.02. The summed E-state index contributed by atoms with van der Waals surface area (Å²) in [6.45, 7) is 10.3. The van der Waals surface area contributed by atoms with E-state index in [1.54, 1.807) is 19.1 Å². The van der Waals surface area contributed by atoms with Crippen molar-refractivity contribution in [1.82, 2.24) is 10.6 Å². The van der Waals surface area contributed by atoms with Crippen LogP contribution in [0.3, 0.4) is 0 Å². The van der Waals surface area contributed by atoms with Crippen molar-refractivity contribution >= 4 is 16.9 Å². The molecule has 2 aromatic carbocycles. The fraction of sp³-hybridized carbons (Fsp3) is 0.407. The quantitative estimate of drug-likeness (QED) is 0.555. The molecule has 1 aromatic heterocycles. The number of hydrogen-bond acceptors (Lipinski definition) is 5. The van der Waals surface area contributed by atoms with Crippen LogP contribution in [0.25, 0.3) is 22.1 Å². The zero-order chi connectivity index (χ0) is 23.8. The fourth-order valence-electron chi connectivity index (χ4n) is 5.07. The van der Waals surface area contributed by atoms with Gasteiger partial charge in [-0.1, -0.05) is 30.3 Å². The molecule has 6 heteroatoms. The van der Waals surface area contributed by atoms with Gasteiger partial charge in [0.15, 0.2) is 6.10 Å². The first-order chi connectivity index (χ1) is 15.5. The molecule has 0 unspecified atom stereocenters. The van der Waals surface area contributed by atoms with Crippen molar-refractivity contribution in [1.29, 1.82) is 0 Å². The molecule has 0 aliphatic carbocycles. The number of nitrogens with one attached hydrogen (secondary N) is 2. The average molecular weight is 449 g/mol. The molecule has 1 amide bonds. The Morgan fingerprint density at radius 2 is 1.73 bits per heavy atom. The van der Waals surface area contributed by atoms with E-state index in [1.165, 1.54) is 6.07 Å². The molecule has 1 aliphatic rings. The summed E-state index contributed by atoms with van der Waals surface area (Å²) in [6, 6.07) is 16.6. The fourth-order valence-corrected chi connectivity index (χ4v) is 5.07. The number of fused-ring (bicyclic) bond motifs is 1. The highest BCUT2D eigenvalue weighted by molar-refractivity contribution is 5.93. The van der Waals surface area contributed by atoms with Gasteiger partial charge in [-0.25, -0.2) is 4.79 Å². The topological polar surface area (TPSA) is 80.6 Å². The molecule has 1 saturated heterocycles. The molecule has 33 heavy (non-hydrogen) atoms. The lowest BCUT2D eigenvalue weighted by atomic mass is 9.79. The Balaban J connectivity index is 1.51. The van der Waals surface area contributed by atoms with Gasteiger partial charge in [-0.05, 0) is 70.7 Å². The van der Waals surface area contributed by atoms with E-state index in [0.717, 1.165) is 29.4 Å². The van der Waals surface area contributed by atoms with Crippen molar-refractivity contribution in [3.8, 4) is 16.9 Å². The summed E-state index contributed by atoms with van der Waals surface area (Å²) in [6.07, 6.45) is 1.00. The molecular formula is C27H32N2O4. The molecule has 0 radical (unpaired) electrons. The van der Waals surface area contributed by atoms with Crippen molar-refractivity contribution in [2.75, 3.05) is 0 Å². The molecule has 174 valence electrons. The van der Waals surface area contributed by atoms with Crippen molar-refractivity contribution in [2.24, 2.45) is 0 Å². The van der Waals surface area contributed by atoms with E-state index in [9.17, 15) is 9.59 Å². The van der Waals surface area contributed by atoms with Crippen molar-refractivity contribution in [3.05, 3.63) is 65.0 Å². The smallest absolute Gasteiger partial charge is 0.336 e. The molecule has 1 fully saturated rings. The van der Waals surface area contributed by atoms with Gasteiger partial charge in [-0.2, -0.15) is 0 Å². The zero-order valence-electron chi connectivity index (χ0n) is 19.9. The minimum atomic E-state index is -0.687. The van der Waals surface area contributed by atoms with E-state index in [0.29, 0.717) is 11.3 Å². The second-order valence-corrected chi connectivity index (χ2v) is 10.3. The van der Waals surface area contributed by atoms with Crippen LogP contribution in [0, 0.1) is 0 Å². The SMILES string of the molecule is C[C@H](Oc1ccc2c(-c3ccccc3)cc(=O)oc2c1)C(=O)NC1CC(C)(C)NC(C)(C)C1. The zero-order valence-corrected chi connectivity index (χ0v) is 19.9. The lowest BCUT2D eigenvalue weighted by Crippen LogP contribution is -2.62. The predicted molar refractivity (Wildman–Crippen MR) is 130 cm³/mol. The van der Waals surface area contributed by atoms with Gasteiger partial charge in [0.1, 0.15) is 11.3 Å². The highest BCUT2D eigenvalue weighted by Crippen LogP contribution is 2.31. The second kappa shape index (κ2) is 8.67. The maximum Gasteiger partial charge on any atom is 0.336 e. The van der Waals surface area contributed by atoms with Gasteiger partial charge in [-0.15, -0.1) is 0 Å². The van der Waals surface area contributed by atoms with Gasteiger partial charge in [0.05, 0.1) is 0 Å². The predicted octanol–water partition coefficient (Wildman–Crippen LogP) is 4.65. The first-order valence-electron chi connectivity index (χ1n) is 11.4. The molecule has 0 spiro atoms. The molecule has 3 aromatic rings. The van der Waals surface area contributed by atoms with E-state index in [4.69, 9.17) is 9.15 Å². The van der Waals surface area contributed by atoms with E-state index < -0.39 is 11.7 Å². The summed E-state index contributed by atoms with van der Waals surface area (Å²) < 4.78 is 11.4. The first-order valence-corrected chi connectivity index (χ1v) is 11.4. The Morgan fingerprint density at radius 3 is 2.39 bits per heavy atom. The van der Waals surface area contributed by atoms with Gasteiger partial charge >= 0.3 is 5.63 Å². The molecule has 2 N–H and O–H groups in total. The Labute approximate surface area is 194 Å². The number of rotatable bonds is 5. The molecule has 6 nitrogen and oxygen atoms in total. The van der Waals surface area contributed by atoms with Gasteiger partial charge in [0.2, 0.25) is 0 Å². The van der Waals surface area contributed by atoms with Gasteiger partial charge in [-0.3, -0.25) is 4.79 Å². The minimum Gasteiger partial charge on any atom is -0.481 e. The molecule has 4 rings (SSSR count). The number of benzene rings is 2. The monoisotopic (exact) mass is 448 g/mol. The number of hydrogen-bond donors (Lipinski definition) is 2. The summed E-state index contributed by atoms with van der Waals surface area (Å²) in [5.41, 5.74) is 1.61. The summed E-state index contributed by atoms with van der Waals surface area (Å²) in [4.78, 5) is 25.0. The first kappa shape index (κ1) is 23.1. The molecule has 1 atom stereocenters. The molecule has 0 saturated carbocycles. The third kappa shape index (κ3) is 5.45. The average Bonchev–Trinajstić information content (AvgIpc) is 2.71. The maximum absolute atomic E-state index is 12.9. The maximum atomic E-state index is 12.9. The minimum absolute atomic E-state index is 0.0594. The number of ether oxygens (including phenoxy) is 1. The summed E-state index contributed by atoms with van der Waals surface area (Å²) >= 11 is 0. The van der Waals surface area contributed by atoms with Crippen LogP contribution in [0.15, 0.2) is 63.8 Å². The van der Waals surface area contributed by atoms with Crippen LogP contribution in [0.1, 0.15) is 47.5 Å². The van der Waals surface area contributed by atoms with Crippen molar-refractivity contribution < 1.29 is 13.9 Å². The van der Waals surface area contributed by atoms with E-state index >= 15 is 0 Å². The van der Waals surface area contributed by atoms with Gasteiger partial charge in [0.25, 0.3) is 5.91 Å². The standard InChI is InChI=1S/C27H32N2O4/c1-17(25(31)28-19-15-26(2,3)29-27(4,5)16-19)32-20-11-12-21-22(18-9-7-6-8-10-18)14-24(30)33-23(21)13-20/h6-14,17,19,29H,15-16H2,1-5H3,(H,28,31)/t17-/m0/s1. The second-order valence-electron chi connectivity index (χ2n) is 10.3. The van der Waals surface area contributed by atoms with Crippen LogP contribution in [-0.2, 0) is 4.79 Å². The summed E-state index contributed by atoms with van der Waals surface area (Å²) in [7, 11) is 0. The Bertz CT molecular complexity index is 1200. The van der Waals surface area contributed by atoms with Crippen LogP contribution in [0.5, 0.6) is 5.75 Å². The lowest BCUT2D eigenvalue weighted by molar-refractivity contribution is -0.128. The van der Waals surface area contributed by atoms with Crippen molar-refractivity contribution in [3.63, 3.8) is 0 Å². The van der Waals surface area contributed by atoms with Crippen LogP contribution in [0.4, 0.5) is 0 Å². The highest BCUT2D eigenvalue weighted by Gasteiger charge is 2.38. The highest BCUT2D eigenvalue weighted by atomic mass is 16.5. The Hall–Kier alpha value is -3.12. The number of amides is 1. The summed E-state index contributed by atoms with van der Waals surface area (Å²) in [5, 5.41) is 7.58. The van der Waals surface area contributed by atoms with Crippen LogP contribution < -0.4 is 21.0 Å². The molecule has 1 aliphatic heterocycles. The largest absolute Gasteiger partial charge is 0.481 e. The lowest BCUT2D eigenvalue weighted by Gasteiger charge is -2.46. The Kier molecular flexibility index (Phi) is 6.06. The van der Waals surface area contributed by atoms with E-state index in [1.807, 2.05) is 36.4 Å². The van der Waals surface area contributed by atoms with Crippen LogP contribution in [0.2, 0.25) is 0 Å².